The van der Waals surface area contributed by atoms with E-state index >= 15 is 0 Å². The van der Waals surface area contributed by atoms with Crippen LogP contribution >= 0.6 is 11.3 Å². The van der Waals surface area contributed by atoms with Gasteiger partial charge in [-0.15, -0.1) is 11.3 Å². The quantitative estimate of drug-likeness (QED) is 0.788. The summed E-state index contributed by atoms with van der Waals surface area (Å²) in [6.45, 7) is 9.61. The van der Waals surface area contributed by atoms with E-state index < -0.39 is 0 Å². The van der Waals surface area contributed by atoms with Gasteiger partial charge in [-0.05, 0) is 6.92 Å². The predicted molar refractivity (Wildman–Crippen MR) is 89.4 cm³/mol. The number of ether oxygens (including phenoxy) is 1. The van der Waals surface area contributed by atoms with Crippen molar-refractivity contribution in [2.75, 3.05) is 51.8 Å². The number of amides is 1. The van der Waals surface area contributed by atoms with Crippen molar-refractivity contribution in [3.05, 3.63) is 11.1 Å². The highest BCUT2D eigenvalue weighted by atomic mass is 32.1. The molecule has 0 N–H and O–H groups in total. The average molecular weight is 326 g/mol. The van der Waals surface area contributed by atoms with E-state index in [0.29, 0.717) is 6.04 Å². The molecule has 2 heterocycles. The van der Waals surface area contributed by atoms with Crippen LogP contribution in [0.2, 0.25) is 0 Å². The van der Waals surface area contributed by atoms with Crippen LogP contribution in [0.1, 0.15) is 19.5 Å². The number of piperazine rings is 1. The first-order valence-electron chi connectivity index (χ1n) is 7.65. The summed E-state index contributed by atoms with van der Waals surface area (Å²) in [5.74, 6) is 0.0151. The molecule has 0 aliphatic carbocycles. The van der Waals surface area contributed by atoms with Crippen molar-refractivity contribution in [3.63, 3.8) is 0 Å². The van der Waals surface area contributed by atoms with Crippen molar-refractivity contribution in [1.29, 1.82) is 0 Å². The molecule has 1 aromatic rings. The predicted octanol–water partition coefficient (Wildman–Crippen LogP) is 1.28. The second kappa shape index (κ2) is 8.01. The van der Waals surface area contributed by atoms with Gasteiger partial charge in [0, 0.05) is 65.2 Å². The molecular weight excluding hydrogens is 300 g/mol. The maximum atomic E-state index is 11.4. The van der Waals surface area contributed by atoms with Crippen molar-refractivity contribution in [2.24, 2.45) is 0 Å². The third kappa shape index (κ3) is 4.49. The van der Waals surface area contributed by atoms with Crippen LogP contribution in [0.5, 0.6) is 0 Å². The van der Waals surface area contributed by atoms with Crippen molar-refractivity contribution < 1.29 is 9.53 Å². The number of carbonyl (C=O) groups is 1. The molecule has 1 fully saturated rings. The average Bonchev–Trinajstić information content (AvgIpc) is 2.94. The molecule has 124 valence electrons. The number of rotatable bonds is 6. The maximum absolute atomic E-state index is 11.4. The number of methoxy groups -OCH3 is 1. The maximum Gasteiger partial charge on any atom is 0.225 e. The Morgan fingerprint density at radius 1 is 1.55 bits per heavy atom. The third-order valence-electron chi connectivity index (χ3n) is 4.12. The fraction of sp³-hybridized carbons (Fsp3) is 0.733. The molecule has 0 radical (unpaired) electrons. The number of thiazole rings is 1. The molecule has 1 atom stereocenters. The molecule has 6 nitrogen and oxygen atoms in total. The van der Waals surface area contributed by atoms with Crippen molar-refractivity contribution in [3.8, 4) is 0 Å². The first-order valence-corrected chi connectivity index (χ1v) is 8.53. The lowest BCUT2D eigenvalue weighted by atomic mass is 10.2. The van der Waals surface area contributed by atoms with Gasteiger partial charge in [0.2, 0.25) is 5.91 Å². The standard InChI is InChI=1S/C15H26N4O2S/c1-12-9-18(5-6-19(12)7-8-21-4)10-14-11-22-15(16-14)17(3)13(2)20/h11-12H,5-10H2,1-4H3. The molecule has 1 amide bonds. The first-order chi connectivity index (χ1) is 10.5. The summed E-state index contributed by atoms with van der Waals surface area (Å²) in [4.78, 5) is 22.4. The Morgan fingerprint density at radius 2 is 2.32 bits per heavy atom. The molecule has 1 aliphatic rings. The lowest BCUT2D eigenvalue weighted by molar-refractivity contribution is -0.116. The van der Waals surface area contributed by atoms with Gasteiger partial charge in [-0.25, -0.2) is 4.98 Å². The summed E-state index contributed by atoms with van der Waals surface area (Å²) < 4.78 is 5.16. The molecule has 0 spiro atoms. The third-order valence-corrected chi connectivity index (χ3v) is 5.08. The number of hydrogen-bond acceptors (Lipinski definition) is 6. The number of nitrogens with zero attached hydrogens (tertiary/aromatic N) is 4. The van der Waals surface area contributed by atoms with Gasteiger partial charge in [-0.1, -0.05) is 0 Å². The van der Waals surface area contributed by atoms with E-state index in [-0.39, 0.29) is 5.91 Å². The van der Waals surface area contributed by atoms with E-state index in [1.165, 1.54) is 11.3 Å². The van der Waals surface area contributed by atoms with Crippen LogP contribution in [0, 0.1) is 0 Å². The van der Waals surface area contributed by atoms with Gasteiger partial charge in [-0.2, -0.15) is 0 Å². The molecule has 2 rings (SSSR count). The van der Waals surface area contributed by atoms with Gasteiger partial charge >= 0.3 is 0 Å². The Balaban J connectivity index is 1.86. The van der Waals surface area contributed by atoms with Crippen LogP contribution in [0.4, 0.5) is 5.13 Å². The zero-order valence-electron chi connectivity index (χ0n) is 13.9. The lowest BCUT2D eigenvalue weighted by Crippen LogP contribution is -2.52. The van der Waals surface area contributed by atoms with Crippen LogP contribution in [0.25, 0.3) is 0 Å². The van der Waals surface area contributed by atoms with Crippen LogP contribution < -0.4 is 4.90 Å². The molecule has 1 unspecified atom stereocenters. The van der Waals surface area contributed by atoms with Gasteiger partial charge in [-0.3, -0.25) is 19.5 Å². The number of carbonyl (C=O) groups excluding carboxylic acids is 1. The second-order valence-corrected chi connectivity index (χ2v) is 6.65. The summed E-state index contributed by atoms with van der Waals surface area (Å²) in [5.41, 5.74) is 1.05. The van der Waals surface area contributed by atoms with Crippen LogP contribution in [0.15, 0.2) is 5.38 Å². The Kier molecular flexibility index (Phi) is 6.31. The normalized spacial score (nSPS) is 20.3. The summed E-state index contributed by atoms with van der Waals surface area (Å²) >= 11 is 1.53. The topological polar surface area (TPSA) is 48.9 Å². The highest BCUT2D eigenvalue weighted by molar-refractivity contribution is 7.14. The summed E-state index contributed by atoms with van der Waals surface area (Å²) in [6, 6.07) is 0.530. The molecule has 1 saturated heterocycles. The smallest absolute Gasteiger partial charge is 0.225 e. The number of aromatic nitrogens is 1. The fourth-order valence-electron chi connectivity index (χ4n) is 2.64. The van der Waals surface area contributed by atoms with E-state index in [2.05, 4.69) is 27.1 Å². The molecule has 1 aromatic heterocycles. The second-order valence-electron chi connectivity index (χ2n) is 5.81. The van der Waals surface area contributed by atoms with E-state index in [1.807, 2.05) is 0 Å². The SMILES string of the molecule is COCCN1CCN(Cc2csc(N(C)C(C)=O)n2)CC1C. The monoisotopic (exact) mass is 326 g/mol. The molecule has 0 saturated carbocycles. The van der Waals surface area contributed by atoms with E-state index in [0.717, 1.165) is 50.2 Å². The Labute approximate surface area is 136 Å². The van der Waals surface area contributed by atoms with Gasteiger partial charge in [0.15, 0.2) is 5.13 Å². The highest BCUT2D eigenvalue weighted by Crippen LogP contribution is 2.21. The number of anilines is 1. The number of hydrogen-bond donors (Lipinski definition) is 0. The first kappa shape index (κ1) is 17.3. The Bertz CT molecular complexity index is 494. The van der Waals surface area contributed by atoms with Gasteiger partial charge in [0.05, 0.1) is 12.3 Å². The Morgan fingerprint density at radius 3 is 2.95 bits per heavy atom. The highest BCUT2D eigenvalue weighted by Gasteiger charge is 2.24. The van der Waals surface area contributed by atoms with Crippen LogP contribution in [-0.2, 0) is 16.1 Å². The van der Waals surface area contributed by atoms with Crippen LogP contribution in [0.3, 0.4) is 0 Å². The van der Waals surface area contributed by atoms with Crippen molar-refractivity contribution in [2.45, 2.75) is 26.4 Å². The molecule has 7 heteroatoms. The molecule has 0 aromatic carbocycles. The van der Waals surface area contributed by atoms with Crippen molar-refractivity contribution >= 4 is 22.4 Å². The molecular formula is C15H26N4O2S. The molecule has 0 bridgehead atoms. The lowest BCUT2D eigenvalue weighted by Gasteiger charge is -2.39. The Hall–Kier alpha value is -1.02. The van der Waals surface area contributed by atoms with Crippen molar-refractivity contribution in [1.82, 2.24) is 14.8 Å². The van der Waals surface area contributed by atoms with E-state index in [4.69, 9.17) is 4.74 Å². The zero-order chi connectivity index (χ0) is 16.1. The summed E-state index contributed by atoms with van der Waals surface area (Å²) in [6.07, 6.45) is 0. The minimum Gasteiger partial charge on any atom is -0.383 e. The van der Waals surface area contributed by atoms with Gasteiger partial charge in [0.25, 0.3) is 0 Å². The fourth-order valence-corrected chi connectivity index (χ4v) is 3.47. The van der Waals surface area contributed by atoms with Gasteiger partial charge < -0.3 is 4.74 Å². The zero-order valence-corrected chi connectivity index (χ0v) is 14.7. The minimum atomic E-state index is 0.0151. The van der Waals surface area contributed by atoms with E-state index in [9.17, 15) is 4.79 Å². The minimum absolute atomic E-state index is 0.0151. The molecule has 22 heavy (non-hydrogen) atoms. The summed E-state index contributed by atoms with van der Waals surface area (Å²) in [5, 5.41) is 2.82. The van der Waals surface area contributed by atoms with Gasteiger partial charge in [0.1, 0.15) is 0 Å². The molecule has 1 aliphatic heterocycles. The largest absolute Gasteiger partial charge is 0.383 e. The van der Waals surface area contributed by atoms with Crippen LogP contribution in [-0.4, -0.2) is 73.7 Å². The van der Waals surface area contributed by atoms with E-state index in [1.54, 1.807) is 26.0 Å². The summed E-state index contributed by atoms with van der Waals surface area (Å²) in [7, 11) is 3.51.